The summed E-state index contributed by atoms with van der Waals surface area (Å²) < 4.78 is 10.9. The van der Waals surface area contributed by atoms with Gasteiger partial charge in [-0.2, -0.15) is 0 Å². The number of fused-ring (bicyclic) bond motifs is 1. The molecule has 0 fully saturated rings. The van der Waals surface area contributed by atoms with Crippen molar-refractivity contribution in [3.8, 4) is 21.9 Å². The zero-order valence-corrected chi connectivity index (χ0v) is 10.2. The molecule has 0 aliphatic carbocycles. The van der Waals surface area contributed by atoms with Crippen LogP contribution in [0.4, 0.5) is 0 Å². The first-order valence-corrected chi connectivity index (χ1v) is 6.34. The van der Waals surface area contributed by atoms with E-state index in [1.54, 1.807) is 11.4 Å². The van der Waals surface area contributed by atoms with E-state index in [-0.39, 0.29) is 0 Å². The van der Waals surface area contributed by atoms with E-state index in [1.807, 2.05) is 18.2 Å². The smallest absolute Gasteiger partial charge is 0.336 e. The van der Waals surface area contributed by atoms with Gasteiger partial charge in [0.15, 0.2) is 11.5 Å². The van der Waals surface area contributed by atoms with Crippen molar-refractivity contribution < 1.29 is 19.4 Å². The van der Waals surface area contributed by atoms with Crippen molar-refractivity contribution >= 4 is 17.3 Å². The van der Waals surface area contributed by atoms with Gasteiger partial charge >= 0.3 is 5.97 Å². The molecule has 0 saturated heterocycles. The molecule has 1 N–H and O–H groups in total. The summed E-state index contributed by atoms with van der Waals surface area (Å²) in [7, 11) is 0. The van der Waals surface area contributed by atoms with Crippen LogP contribution in [0.1, 0.15) is 10.4 Å². The quantitative estimate of drug-likeness (QED) is 0.904. The third-order valence-electron chi connectivity index (χ3n) is 2.67. The molecule has 0 amide bonds. The first-order valence-electron chi connectivity index (χ1n) is 5.46. The van der Waals surface area contributed by atoms with E-state index in [0.29, 0.717) is 24.5 Å². The van der Waals surface area contributed by atoms with E-state index in [1.165, 1.54) is 11.3 Å². The second-order valence-electron chi connectivity index (χ2n) is 3.86. The molecule has 3 rings (SSSR count). The van der Waals surface area contributed by atoms with Crippen molar-refractivity contribution in [3.63, 3.8) is 0 Å². The summed E-state index contributed by atoms with van der Waals surface area (Å²) in [6.07, 6.45) is 0. The van der Waals surface area contributed by atoms with Crippen molar-refractivity contribution in [1.82, 2.24) is 0 Å². The van der Waals surface area contributed by atoms with E-state index in [9.17, 15) is 4.79 Å². The molecule has 1 aromatic heterocycles. The van der Waals surface area contributed by atoms with Crippen LogP contribution < -0.4 is 9.47 Å². The minimum absolute atomic E-state index is 0.310. The molecule has 2 heterocycles. The molecule has 0 atom stereocenters. The van der Waals surface area contributed by atoms with Crippen molar-refractivity contribution in [2.24, 2.45) is 0 Å². The van der Waals surface area contributed by atoms with Gasteiger partial charge in [0, 0.05) is 10.3 Å². The summed E-state index contributed by atoms with van der Waals surface area (Å²) in [6.45, 7) is 1.11. The van der Waals surface area contributed by atoms with Gasteiger partial charge in [-0.15, -0.1) is 11.3 Å². The maximum atomic E-state index is 10.8. The Kier molecular flexibility index (Phi) is 2.68. The number of aromatic carboxylic acids is 1. The first-order chi connectivity index (χ1) is 8.74. The Hall–Kier alpha value is -2.01. The topological polar surface area (TPSA) is 55.8 Å². The number of thiophene rings is 1. The molecule has 0 spiro atoms. The van der Waals surface area contributed by atoms with Crippen LogP contribution in [0.3, 0.4) is 0 Å². The molecule has 92 valence electrons. The molecule has 5 heteroatoms. The third kappa shape index (κ3) is 1.93. The molecule has 0 radical (unpaired) electrons. The molecule has 4 nitrogen and oxygen atoms in total. The maximum absolute atomic E-state index is 10.8. The van der Waals surface area contributed by atoms with Gasteiger partial charge in [0.25, 0.3) is 0 Å². The summed E-state index contributed by atoms with van der Waals surface area (Å²) in [6, 6.07) is 7.30. The Morgan fingerprint density at radius 3 is 2.67 bits per heavy atom. The van der Waals surface area contributed by atoms with Crippen LogP contribution in [0.5, 0.6) is 11.5 Å². The average molecular weight is 262 g/mol. The Morgan fingerprint density at radius 2 is 1.94 bits per heavy atom. The minimum Gasteiger partial charge on any atom is -0.486 e. The Morgan fingerprint density at radius 1 is 1.17 bits per heavy atom. The van der Waals surface area contributed by atoms with Gasteiger partial charge < -0.3 is 14.6 Å². The molecule has 0 unspecified atom stereocenters. The fourth-order valence-electron chi connectivity index (χ4n) is 1.80. The summed E-state index contributed by atoms with van der Waals surface area (Å²) in [4.78, 5) is 11.7. The van der Waals surface area contributed by atoms with Crippen LogP contribution in [0.25, 0.3) is 10.4 Å². The zero-order valence-electron chi connectivity index (χ0n) is 9.38. The lowest BCUT2D eigenvalue weighted by atomic mass is 10.1. The number of benzene rings is 1. The normalized spacial score (nSPS) is 13.3. The molecule has 2 aromatic rings. The molecule has 0 saturated carbocycles. The fraction of sp³-hybridized carbons (Fsp3) is 0.154. The highest BCUT2D eigenvalue weighted by molar-refractivity contribution is 7.13. The van der Waals surface area contributed by atoms with E-state index >= 15 is 0 Å². The standard InChI is InChI=1S/C13H10O4S/c14-13(15)9-6-12(18-7-9)8-1-2-10-11(5-8)17-4-3-16-10/h1-2,5-7H,3-4H2,(H,14,15). The van der Waals surface area contributed by atoms with Crippen LogP contribution in [0, 0.1) is 0 Å². The highest BCUT2D eigenvalue weighted by atomic mass is 32.1. The number of carbonyl (C=O) groups is 1. The second kappa shape index (κ2) is 4.34. The number of carboxylic acids is 1. The summed E-state index contributed by atoms with van der Waals surface area (Å²) in [5.41, 5.74) is 1.25. The molecular weight excluding hydrogens is 252 g/mol. The van der Waals surface area contributed by atoms with Crippen LogP contribution in [-0.2, 0) is 0 Å². The first kappa shape index (κ1) is 11.1. The van der Waals surface area contributed by atoms with E-state index in [0.717, 1.165) is 16.2 Å². The molecule has 1 aromatic carbocycles. The van der Waals surface area contributed by atoms with Crippen LogP contribution in [0.15, 0.2) is 29.6 Å². The number of hydrogen-bond acceptors (Lipinski definition) is 4. The molecular formula is C13H10O4S. The third-order valence-corrected chi connectivity index (χ3v) is 3.65. The fourth-order valence-corrected chi connectivity index (χ4v) is 2.68. The van der Waals surface area contributed by atoms with Gasteiger partial charge in [0.1, 0.15) is 13.2 Å². The van der Waals surface area contributed by atoms with Crippen molar-refractivity contribution in [3.05, 3.63) is 35.2 Å². The van der Waals surface area contributed by atoms with Gasteiger partial charge in [-0.05, 0) is 29.8 Å². The van der Waals surface area contributed by atoms with Crippen LogP contribution in [0.2, 0.25) is 0 Å². The molecule has 1 aliphatic rings. The lowest BCUT2D eigenvalue weighted by molar-refractivity contribution is 0.0697. The second-order valence-corrected chi connectivity index (χ2v) is 4.77. The monoisotopic (exact) mass is 262 g/mol. The highest BCUT2D eigenvalue weighted by Gasteiger charge is 2.14. The Balaban J connectivity index is 1.98. The molecule has 18 heavy (non-hydrogen) atoms. The van der Waals surface area contributed by atoms with E-state index in [2.05, 4.69) is 0 Å². The Bertz CT molecular complexity index is 603. The van der Waals surface area contributed by atoms with Gasteiger partial charge in [0.05, 0.1) is 5.56 Å². The van der Waals surface area contributed by atoms with Crippen LogP contribution in [-0.4, -0.2) is 24.3 Å². The van der Waals surface area contributed by atoms with E-state index in [4.69, 9.17) is 14.6 Å². The average Bonchev–Trinajstić information content (AvgIpc) is 2.88. The van der Waals surface area contributed by atoms with E-state index < -0.39 is 5.97 Å². The lowest BCUT2D eigenvalue weighted by Crippen LogP contribution is -2.15. The van der Waals surface area contributed by atoms with Crippen molar-refractivity contribution in [2.45, 2.75) is 0 Å². The highest BCUT2D eigenvalue weighted by Crippen LogP contribution is 2.36. The molecule has 0 bridgehead atoms. The van der Waals surface area contributed by atoms with Gasteiger partial charge in [-0.25, -0.2) is 4.79 Å². The predicted molar refractivity (Wildman–Crippen MR) is 67.7 cm³/mol. The van der Waals surface area contributed by atoms with Crippen molar-refractivity contribution in [1.29, 1.82) is 0 Å². The number of ether oxygens (including phenoxy) is 2. The van der Waals surface area contributed by atoms with Gasteiger partial charge in [0.2, 0.25) is 0 Å². The predicted octanol–water partition coefficient (Wildman–Crippen LogP) is 2.88. The number of hydrogen-bond donors (Lipinski definition) is 1. The van der Waals surface area contributed by atoms with Gasteiger partial charge in [-0.3, -0.25) is 0 Å². The summed E-state index contributed by atoms with van der Waals surface area (Å²) in [5.74, 6) is 0.541. The largest absolute Gasteiger partial charge is 0.486 e. The summed E-state index contributed by atoms with van der Waals surface area (Å²) in [5, 5.41) is 10.5. The van der Waals surface area contributed by atoms with Crippen molar-refractivity contribution in [2.75, 3.05) is 13.2 Å². The number of carboxylic acid groups (broad SMARTS) is 1. The number of rotatable bonds is 2. The molecule has 1 aliphatic heterocycles. The zero-order chi connectivity index (χ0) is 12.5. The van der Waals surface area contributed by atoms with Crippen LogP contribution >= 0.6 is 11.3 Å². The lowest BCUT2D eigenvalue weighted by Gasteiger charge is -2.18. The Labute approximate surface area is 107 Å². The maximum Gasteiger partial charge on any atom is 0.336 e. The SMILES string of the molecule is O=C(O)c1csc(-c2ccc3c(c2)OCCO3)c1. The summed E-state index contributed by atoms with van der Waals surface area (Å²) >= 11 is 1.40. The minimum atomic E-state index is -0.907. The van der Waals surface area contributed by atoms with Gasteiger partial charge in [-0.1, -0.05) is 0 Å².